The van der Waals surface area contributed by atoms with E-state index in [2.05, 4.69) is 29.7 Å². The van der Waals surface area contributed by atoms with Gasteiger partial charge in [-0.3, -0.25) is 4.79 Å². The minimum atomic E-state index is 0. The molecule has 3 nitrogen and oxygen atoms in total. The average molecular weight is 337 g/mol. The third-order valence-corrected chi connectivity index (χ3v) is 5.11. The molecule has 0 radical (unpaired) electrons. The third kappa shape index (κ3) is 4.95. The van der Waals surface area contributed by atoms with E-state index in [1.54, 1.807) is 0 Å². The molecule has 1 amide bonds. The van der Waals surface area contributed by atoms with Crippen LogP contribution in [0.2, 0.25) is 0 Å². The summed E-state index contributed by atoms with van der Waals surface area (Å²) in [5.74, 6) is 0.716. The van der Waals surface area contributed by atoms with E-state index in [4.69, 9.17) is 0 Å². The smallest absolute Gasteiger partial charge is 0.251 e. The van der Waals surface area contributed by atoms with E-state index in [0.29, 0.717) is 12.0 Å². The molecule has 0 spiro atoms. The Morgan fingerprint density at radius 1 is 1.04 bits per heavy atom. The van der Waals surface area contributed by atoms with Crippen LogP contribution in [-0.4, -0.2) is 25.0 Å². The van der Waals surface area contributed by atoms with Crippen LogP contribution in [0.15, 0.2) is 18.2 Å². The summed E-state index contributed by atoms with van der Waals surface area (Å²) >= 11 is 0. The predicted molar refractivity (Wildman–Crippen MR) is 97.6 cm³/mol. The fraction of sp³-hybridized carbons (Fsp3) is 0.632. The summed E-state index contributed by atoms with van der Waals surface area (Å²) in [6, 6.07) is 6.79. The number of piperidine rings is 1. The van der Waals surface area contributed by atoms with Crippen molar-refractivity contribution >= 4 is 18.3 Å². The molecule has 4 heteroatoms. The van der Waals surface area contributed by atoms with Crippen LogP contribution in [0.4, 0.5) is 0 Å². The molecule has 2 fully saturated rings. The highest BCUT2D eigenvalue weighted by Gasteiger charge is 2.20. The first-order valence-corrected chi connectivity index (χ1v) is 8.85. The molecule has 0 unspecified atom stereocenters. The number of hydrogen-bond donors (Lipinski definition) is 2. The van der Waals surface area contributed by atoms with Gasteiger partial charge in [0.1, 0.15) is 0 Å². The van der Waals surface area contributed by atoms with Gasteiger partial charge in [0.25, 0.3) is 5.91 Å². The highest BCUT2D eigenvalue weighted by atomic mass is 35.5. The van der Waals surface area contributed by atoms with E-state index in [-0.39, 0.29) is 18.3 Å². The van der Waals surface area contributed by atoms with E-state index >= 15 is 0 Å². The lowest BCUT2D eigenvalue weighted by atomic mass is 9.88. The first-order chi connectivity index (χ1) is 10.7. The number of nitrogens with one attached hydrogen (secondary N) is 2. The van der Waals surface area contributed by atoms with Crippen LogP contribution in [0.5, 0.6) is 0 Å². The van der Waals surface area contributed by atoms with Crippen molar-refractivity contribution in [2.24, 2.45) is 0 Å². The molecule has 0 atom stereocenters. The van der Waals surface area contributed by atoms with Gasteiger partial charge in [-0.2, -0.15) is 0 Å². The number of carbonyl (C=O) groups is 1. The summed E-state index contributed by atoms with van der Waals surface area (Å²) in [5, 5.41) is 6.65. The SMILES string of the molecule is Cc1cc(C(=O)NC2CCCCC2)cc(C2CCNCC2)c1.Cl. The van der Waals surface area contributed by atoms with Crippen molar-refractivity contribution in [2.75, 3.05) is 13.1 Å². The minimum Gasteiger partial charge on any atom is -0.349 e. The minimum absolute atomic E-state index is 0. The second kappa shape index (κ2) is 8.70. The van der Waals surface area contributed by atoms with Gasteiger partial charge >= 0.3 is 0 Å². The number of aryl methyl sites for hydroxylation is 1. The van der Waals surface area contributed by atoms with E-state index in [1.165, 1.54) is 43.2 Å². The van der Waals surface area contributed by atoms with E-state index < -0.39 is 0 Å². The van der Waals surface area contributed by atoms with Gasteiger partial charge in [-0.15, -0.1) is 12.4 Å². The molecule has 2 aliphatic rings. The summed E-state index contributed by atoms with van der Waals surface area (Å²) in [4.78, 5) is 12.6. The van der Waals surface area contributed by atoms with Crippen molar-refractivity contribution in [3.8, 4) is 0 Å². The largest absolute Gasteiger partial charge is 0.349 e. The Labute approximate surface area is 146 Å². The fourth-order valence-electron chi connectivity index (χ4n) is 3.85. The Kier molecular flexibility index (Phi) is 6.91. The van der Waals surface area contributed by atoms with Crippen LogP contribution in [0.3, 0.4) is 0 Å². The summed E-state index contributed by atoms with van der Waals surface area (Å²) in [6.45, 7) is 4.27. The lowest BCUT2D eigenvalue weighted by Gasteiger charge is -2.25. The van der Waals surface area contributed by atoms with Crippen molar-refractivity contribution in [3.05, 3.63) is 34.9 Å². The van der Waals surface area contributed by atoms with E-state index in [0.717, 1.165) is 31.5 Å². The fourth-order valence-corrected chi connectivity index (χ4v) is 3.85. The zero-order chi connectivity index (χ0) is 15.4. The van der Waals surface area contributed by atoms with E-state index in [1.807, 2.05) is 6.07 Å². The second-order valence-corrected chi connectivity index (χ2v) is 6.97. The van der Waals surface area contributed by atoms with Gasteiger partial charge in [0, 0.05) is 11.6 Å². The van der Waals surface area contributed by atoms with Crippen LogP contribution in [0, 0.1) is 6.92 Å². The summed E-state index contributed by atoms with van der Waals surface area (Å²) in [5.41, 5.74) is 3.39. The van der Waals surface area contributed by atoms with Crippen molar-refractivity contribution in [1.29, 1.82) is 0 Å². The second-order valence-electron chi connectivity index (χ2n) is 6.97. The molecule has 0 bridgehead atoms. The Bertz CT molecular complexity index is 520. The first kappa shape index (κ1) is 18.3. The summed E-state index contributed by atoms with van der Waals surface area (Å²) < 4.78 is 0. The molecule has 23 heavy (non-hydrogen) atoms. The van der Waals surface area contributed by atoms with Crippen LogP contribution < -0.4 is 10.6 Å². The molecule has 1 heterocycles. The Morgan fingerprint density at radius 3 is 2.43 bits per heavy atom. The molecule has 0 aromatic heterocycles. The molecule has 3 rings (SSSR count). The maximum Gasteiger partial charge on any atom is 0.251 e. The van der Waals surface area contributed by atoms with Crippen molar-refractivity contribution < 1.29 is 4.79 Å². The van der Waals surface area contributed by atoms with E-state index in [9.17, 15) is 4.79 Å². The lowest BCUT2D eigenvalue weighted by molar-refractivity contribution is 0.0927. The number of amides is 1. The summed E-state index contributed by atoms with van der Waals surface area (Å²) in [6.07, 6.45) is 8.44. The van der Waals surface area contributed by atoms with Crippen LogP contribution >= 0.6 is 12.4 Å². The quantitative estimate of drug-likeness (QED) is 0.877. The van der Waals surface area contributed by atoms with Gasteiger partial charge in [0.05, 0.1) is 0 Å². The monoisotopic (exact) mass is 336 g/mol. The number of benzene rings is 1. The van der Waals surface area contributed by atoms with Gasteiger partial charge in [-0.25, -0.2) is 0 Å². The van der Waals surface area contributed by atoms with Crippen molar-refractivity contribution in [3.63, 3.8) is 0 Å². The average Bonchev–Trinajstić information content (AvgIpc) is 2.56. The molecule has 1 aliphatic carbocycles. The standard InChI is InChI=1S/C19H28N2O.ClH/c1-14-11-16(15-7-9-20-10-8-15)13-17(12-14)19(22)21-18-5-3-2-4-6-18;/h11-13,15,18,20H,2-10H2,1H3,(H,21,22);1H. The topological polar surface area (TPSA) is 41.1 Å². The molecule has 128 valence electrons. The van der Waals surface area contributed by atoms with Gasteiger partial charge in [0.2, 0.25) is 0 Å². The maximum absolute atomic E-state index is 12.6. The number of hydrogen-bond acceptors (Lipinski definition) is 2. The molecular weight excluding hydrogens is 308 g/mol. The number of rotatable bonds is 3. The summed E-state index contributed by atoms with van der Waals surface area (Å²) in [7, 11) is 0. The Balaban J connectivity index is 0.00000192. The molecule has 1 aromatic rings. The number of carbonyl (C=O) groups excluding carboxylic acids is 1. The lowest BCUT2D eigenvalue weighted by Crippen LogP contribution is -2.36. The predicted octanol–water partition coefficient (Wildman–Crippen LogP) is 3.95. The Morgan fingerprint density at radius 2 is 1.74 bits per heavy atom. The molecule has 1 aliphatic heterocycles. The zero-order valence-electron chi connectivity index (χ0n) is 14.1. The highest BCUT2D eigenvalue weighted by molar-refractivity contribution is 5.94. The first-order valence-electron chi connectivity index (χ1n) is 8.85. The van der Waals surface area contributed by atoms with Gasteiger partial charge < -0.3 is 10.6 Å². The molecule has 1 saturated heterocycles. The molecule has 1 aromatic carbocycles. The normalized spacial score (nSPS) is 19.9. The van der Waals surface area contributed by atoms with Gasteiger partial charge in [-0.1, -0.05) is 30.9 Å². The molecule has 1 saturated carbocycles. The van der Waals surface area contributed by atoms with Crippen LogP contribution in [-0.2, 0) is 0 Å². The van der Waals surface area contributed by atoms with Crippen LogP contribution in [0.25, 0.3) is 0 Å². The zero-order valence-corrected chi connectivity index (χ0v) is 14.9. The molecule has 2 N–H and O–H groups in total. The number of halogens is 1. The maximum atomic E-state index is 12.6. The van der Waals surface area contributed by atoms with Gasteiger partial charge in [-0.05, 0) is 69.3 Å². The van der Waals surface area contributed by atoms with Gasteiger partial charge in [0.15, 0.2) is 0 Å². The van der Waals surface area contributed by atoms with Crippen molar-refractivity contribution in [1.82, 2.24) is 10.6 Å². The molecular formula is C19H29ClN2O. The third-order valence-electron chi connectivity index (χ3n) is 5.11. The Hall–Kier alpha value is -1.06. The van der Waals surface area contributed by atoms with Crippen molar-refractivity contribution in [2.45, 2.75) is 63.8 Å². The highest BCUT2D eigenvalue weighted by Crippen LogP contribution is 2.27. The van der Waals surface area contributed by atoms with Crippen LogP contribution in [0.1, 0.15) is 72.3 Å².